The van der Waals surface area contributed by atoms with Gasteiger partial charge in [0.05, 0.1) is 17.9 Å². The highest BCUT2D eigenvalue weighted by Gasteiger charge is 2.24. The van der Waals surface area contributed by atoms with Gasteiger partial charge in [-0.1, -0.05) is 0 Å². The fourth-order valence-corrected chi connectivity index (χ4v) is 2.11. The molecule has 4 nitrogen and oxygen atoms in total. The highest BCUT2D eigenvalue weighted by atomic mass is 16.2. The predicted molar refractivity (Wildman–Crippen MR) is 75.3 cm³/mol. The maximum atomic E-state index is 12.0. The molecule has 0 unspecified atom stereocenters. The molecule has 0 bridgehead atoms. The van der Waals surface area contributed by atoms with Crippen molar-refractivity contribution < 1.29 is 4.79 Å². The number of nitrogens with one attached hydrogen (secondary N) is 1. The second kappa shape index (κ2) is 4.98. The predicted octanol–water partition coefficient (Wildman–Crippen LogP) is 1.62. The molecule has 0 saturated carbocycles. The van der Waals surface area contributed by atoms with Gasteiger partial charge in [-0.05, 0) is 51.2 Å². The number of benzene rings is 1. The minimum atomic E-state index is 0.146. The fraction of sp³-hybridized carbons (Fsp3) is 0.500. The van der Waals surface area contributed by atoms with Crippen LogP contribution in [0.2, 0.25) is 0 Å². The van der Waals surface area contributed by atoms with Crippen LogP contribution in [0.1, 0.15) is 11.1 Å². The number of carbonyl (C=O) groups is 1. The third-order valence-electron chi connectivity index (χ3n) is 3.40. The summed E-state index contributed by atoms with van der Waals surface area (Å²) in [6.45, 7) is 6.18. The molecule has 1 N–H and O–H groups in total. The first-order valence-corrected chi connectivity index (χ1v) is 6.29. The Morgan fingerprint density at radius 1 is 1.28 bits per heavy atom. The zero-order chi connectivity index (χ0) is 13.3. The van der Waals surface area contributed by atoms with Crippen LogP contribution in [0.5, 0.6) is 0 Å². The van der Waals surface area contributed by atoms with E-state index in [0.29, 0.717) is 6.54 Å². The summed E-state index contributed by atoms with van der Waals surface area (Å²) in [6.07, 6.45) is 0. The quantitative estimate of drug-likeness (QED) is 0.881. The number of nitrogens with zero attached hydrogens (tertiary/aromatic N) is 2. The molecule has 1 aromatic rings. The fourth-order valence-electron chi connectivity index (χ4n) is 2.11. The second-order valence-corrected chi connectivity index (χ2v) is 5.16. The summed E-state index contributed by atoms with van der Waals surface area (Å²) >= 11 is 0. The van der Waals surface area contributed by atoms with Crippen molar-refractivity contribution in [1.82, 2.24) is 4.90 Å². The average Bonchev–Trinajstić information content (AvgIpc) is 2.30. The van der Waals surface area contributed by atoms with Crippen molar-refractivity contribution in [3.63, 3.8) is 0 Å². The van der Waals surface area contributed by atoms with Crippen molar-refractivity contribution in [2.45, 2.75) is 13.8 Å². The maximum Gasteiger partial charge on any atom is 0.246 e. The SMILES string of the molecule is Cc1cc2c(cc1C)N(CCN(C)C)C(=O)CN2. The van der Waals surface area contributed by atoms with Gasteiger partial charge in [-0.15, -0.1) is 0 Å². The van der Waals surface area contributed by atoms with Crippen molar-refractivity contribution >= 4 is 17.3 Å². The molecule has 2 rings (SSSR count). The van der Waals surface area contributed by atoms with E-state index in [9.17, 15) is 4.79 Å². The monoisotopic (exact) mass is 247 g/mol. The van der Waals surface area contributed by atoms with Gasteiger partial charge >= 0.3 is 0 Å². The number of likely N-dealkylation sites (N-methyl/N-ethyl adjacent to an activating group) is 1. The van der Waals surface area contributed by atoms with E-state index in [1.807, 2.05) is 19.0 Å². The molecule has 0 saturated heterocycles. The molecule has 4 heteroatoms. The first-order valence-electron chi connectivity index (χ1n) is 6.29. The molecule has 98 valence electrons. The summed E-state index contributed by atoms with van der Waals surface area (Å²) in [5.74, 6) is 0.146. The lowest BCUT2D eigenvalue weighted by molar-refractivity contribution is -0.117. The van der Waals surface area contributed by atoms with Gasteiger partial charge in [-0.25, -0.2) is 0 Å². The van der Waals surface area contributed by atoms with Gasteiger partial charge in [0.1, 0.15) is 0 Å². The summed E-state index contributed by atoms with van der Waals surface area (Å²) in [4.78, 5) is 16.0. The number of amides is 1. The van der Waals surface area contributed by atoms with E-state index in [4.69, 9.17) is 0 Å². The van der Waals surface area contributed by atoms with Crippen LogP contribution in [-0.2, 0) is 4.79 Å². The van der Waals surface area contributed by atoms with Gasteiger partial charge in [-0.2, -0.15) is 0 Å². The number of fused-ring (bicyclic) bond motifs is 1. The molecule has 0 aromatic heterocycles. The first-order chi connectivity index (χ1) is 8.49. The van der Waals surface area contributed by atoms with Crippen molar-refractivity contribution in [3.8, 4) is 0 Å². The number of anilines is 2. The smallest absolute Gasteiger partial charge is 0.246 e. The largest absolute Gasteiger partial charge is 0.374 e. The van der Waals surface area contributed by atoms with Gasteiger partial charge in [0.2, 0.25) is 5.91 Å². The summed E-state index contributed by atoms with van der Waals surface area (Å²) in [6, 6.07) is 4.23. The molecule has 0 aliphatic carbocycles. The van der Waals surface area contributed by atoms with Crippen LogP contribution in [0, 0.1) is 13.8 Å². The molecule has 1 aliphatic heterocycles. The molecule has 0 spiro atoms. The van der Waals surface area contributed by atoms with E-state index in [2.05, 4.69) is 36.2 Å². The lowest BCUT2D eigenvalue weighted by Gasteiger charge is -2.31. The Hall–Kier alpha value is -1.55. The molecule has 0 fully saturated rings. The molecule has 1 heterocycles. The van der Waals surface area contributed by atoms with Gasteiger partial charge < -0.3 is 15.1 Å². The highest BCUT2D eigenvalue weighted by molar-refractivity contribution is 6.02. The number of carbonyl (C=O) groups excluding carboxylic acids is 1. The summed E-state index contributed by atoms with van der Waals surface area (Å²) in [7, 11) is 4.04. The van der Waals surface area contributed by atoms with Crippen molar-refractivity contribution in [1.29, 1.82) is 0 Å². The molecular weight excluding hydrogens is 226 g/mol. The Morgan fingerprint density at radius 3 is 2.61 bits per heavy atom. The normalized spacial score (nSPS) is 14.7. The number of aryl methyl sites for hydroxylation is 2. The Bertz CT molecular complexity index is 468. The minimum Gasteiger partial charge on any atom is -0.374 e. The van der Waals surface area contributed by atoms with Crippen LogP contribution in [0.25, 0.3) is 0 Å². The number of hydrogen-bond acceptors (Lipinski definition) is 3. The summed E-state index contributed by atoms with van der Waals surface area (Å²) in [5.41, 5.74) is 4.55. The third kappa shape index (κ3) is 2.48. The van der Waals surface area contributed by atoms with E-state index < -0.39 is 0 Å². The molecular formula is C14H21N3O. The maximum absolute atomic E-state index is 12.0. The van der Waals surface area contributed by atoms with Crippen LogP contribution in [0.4, 0.5) is 11.4 Å². The van der Waals surface area contributed by atoms with Gasteiger partial charge in [0.25, 0.3) is 0 Å². The average molecular weight is 247 g/mol. The minimum absolute atomic E-state index is 0.146. The lowest BCUT2D eigenvalue weighted by atomic mass is 10.1. The van der Waals surface area contributed by atoms with Crippen molar-refractivity contribution in [3.05, 3.63) is 23.3 Å². The standard InChI is InChI=1S/C14H21N3O/c1-10-7-12-13(8-11(10)2)17(6-5-16(3)4)14(18)9-15-12/h7-8,15H,5-6,9H2,1-4H3. The summed E-state index contributed by atoms with van der Waals surface area (Å²) < 4.78 is 0. The van der Waals surface area contributed by atoms with Crippen molar-refractivity contribution in [2.75, 3.05) is 43.9 Å². The Morgan fingerprint density at radius 2 is 1.94 bits per heavy atom. The molecule has 0 atom stereocenters. The van der Waals surface area contributed by atoms with Crippen LogP contribution in [-0.4, -0.2) is 44.5 Å². The van der Waals surface area contributed by atoms with Gasteiger partial charge in [0.15, 0.2) is 0 Å². The van der Waals surface area contributed by atoms with Crippen LogP contribution >= 0.6 is 0 Å². The molecule has 18 heavy (non-hydrogen) atoms. The van der Waals surface area contributed by atoms with Crippen LogP contribution in [0.3, 0.4) is 0 Å². The zero-order valence-electron chi connectivity index (χ0n) is 11.6. The second-order valence-electron chi connectivity index (χ2n) is 5.16. The van der Waals surface area contributed by atoms with Gasteiger partial charge in [-0.3, -0.25) is 4.79 Å². The van der Waals surface area contributed by atoms with E-state index in [-0.39, 0.29) is 5.91 Å². The Kier molecular flexibility index (Phi) is 3.57. The van der Waals surface area contributed by atoms with Gasteiger partial charge in [0, 0.05) is 13.1 Å². The summed E-state index contributed by atoms with van der Waals surface area (Å²) in [5, 5.41) is 3.19. The van der Waals surface area contributed by atoms with Crippen LogP contribution < -0.4 is 10.2 Å². The molecule has 1 aromatic carbocycles. The Labute approximate surface area is 109 Å². The number of rotatable bonds is 3. The topological polar surface area (TPSA) is 35.6 Å². The highest BCUT2D eigenvalue weighted by Crippen LogP contribution is 2.32. The van der Waals surface area contributed by atoms with E-state index in [1.165, 1.54) is 11.1 Å². The lowest BCUT2D eigenvalue weighted by Crippen LogP contribution is -2.43. The molecule has 1 amide bonds. The Balaban J connectivity index is 2.31. The first kappa shape index (κ1) is 12.9. The molecule has 0 radical (unpaired) electrons. The van der Waals surface area contributed by atoms with E-state index >= 15 is 0 Å². The molecule has 1 aliphatic rings. The number of hydrogen-bond donors (Lipinski definition) is 1. The zero-order valence-corrected chi connectivity index (χ0v) is 11.6. The van der Waals surface area contributed by atoms with Crippen LogP contribution in [0.15, 0.2) is 12.1 Å². The van der Waals surface area contributed by atoms with E-state index in [0.717, 1.165) is 24.5 Å². The van der Waals surface area contributed by atoms with E-state index in [1.54, 1.807) is 0 Å². The third-order valence-corrected chi connectivity index (χ3v) is 3.40. The van der Waals surface area contributed by atoms with Crippen molar-refractivity contribution in [2.24, 2.45) is 0 Å².